The van der Waals surface area contributed by atoms with Gasteiger partial charge in [-0.25, -0.2) is 8.78 Å². The Morgan fingerprint density at radius 1 is 0.955 bits per heavy atom. The van der Waals surface area contributed by atoms with E-state index in [-0.39, 0.29) is 11.3 Å². The zero-order chi connectivity index (χ0) is 15.5. The van der Waals surface area contributed by atoms with E-state index in [0.29, 0.717) is 5.16 Å². The molecule has 0 fully saturated rings. The normalized spacial score (nSPS) is 10.9. The van der Waals surface area contributed by atoms with E-state index < -0.39 is 11.6 Å². The van der Waals surface area contributed by atoms with Gasteiger partial charge in [0.1, 0.15) is 11.6 Å². The van der Waals surface area contributed by atoms with Gasteiger partial charge in [0.2, 0.25) is 0 Å². The predicted octanol–water partition coefficient (Wildman–Crippen LogP) is 4.05. The Morgan fingerprint density at radius 3 is 2.32 bits per heavy atom. The van der Waals surface area contributed by atoms with Crippen LogP contribution in [0.15, 0.2) is 53.7 Å². The fourth-order valence-corrected chi connectivity index (χ4v) is 3.01. The molecule has 0 saturated heterocycles. The third-order valence-corrected chi connectivity index (χ3v) is 4.32. The van der Waals surface area contributed by atoms with Crippen molar-refractivity contribution in [3.8, 4) is 11.4 Å². The second-order valence-electron chi connectivity index (χ2n) is 4.72. The highest BCUT2D eigenvalue weighted by Gasteiger charge is 2.14. The van der Waals surface area contributed by atoms with Crippen LogP contribution in [0.4, 0.5) is 8.78 Å². The molecule has 1 aromatic heterocycles. The molecule has 0 unspecified atom stereocenters. The smallest absolute Gasteiger partial charge is 0.191 e. The van der Waals surface area contributed by atoms with Gasteiger partial charge in [0.05, 0.1) is 0 Å². The Kier molecular flexibility index (Phi) is 4.20. The Morgan fingerprint density at radius 2 is 1.64 bits per heavy atom. The van der Waals surface area contributed by atoms with Crippen molar-refractivity contribution in [2.24, 2.45) is 7.05 Å². The standard InChI is InChI=1S/C16H13F2N3S/c1-21-15(11-6-3-2-4-7-11)19-20-16(21)22-10-12-13(17)8-5-9-14(12)18/h2-9H,10H2,1H3. The van der Waals surface area contributed by atoms with Crippen molar-refractivity contribution in [3.63, 3.8) is 0 Å². The van der Waals surface area contributed by atoms with E-state index in [1.54, 1.807) is 0 Å². The van der Waals surface area contributed by atoms with E-state index in [1.165, 1.54) is 30.0 Å². The summed E-state index contributed by atoms with van der Waals surface area (Å²) in [4.78, 5) is 0. The SMILES string of the molecule is Cn1c(SCc2c(F)cccc2F)nnc1-c1ccccc1. The summed E-state index contributed by atoms with van der Waals surface area (Å²) in [5.74, 6) is -0.202. The summed E-state index contributed by atoms with van der Waals surface area (Å²) >= 11 is 1.25. The lowest BCUT2D eigenvalue weighted by Gasteiger charge is -2.05. The van der Waals surface area contributed by atoms with Crippen molar-refractivity contribution in [2.45, 2.75) is 10.9 Å². The van der Waals surface area contributed by atoms with Crippen molar-refractivity contribution >= 4 is 11.8 Å². The van der Waals surface area contributed by atoms with Crippen LogP contribution < -0.4 is 0 Å². The quantitative estimate of drug-likeness (QED) is 0.680. The molecule has 0 aliphatic carbocycles. The molecule has 0 atom stereocenters. The second-order valence-corrected chi connectivity index (χ2v) is 5.66. The molecule has 0 amide bonds. The predicted molar refractivity (Wildman–Crippen MR) is 82.4 cm³/mol. The minimum atomic E-state index is -0.544. The van der Waals surface area contributed by atoms with Crippen LogP contribution in [-0.4, -0.2) is 14.8 Å². The van der Waals surface area contributed by atoms with Gasteiger partial charge in [-0.3, -0.25) is 0 Å². The highest BCUT2D eigenvalue weighted by Crippen LogP contribution is 2.26. The lowest BCUT2D eigenvalue weighted by Crippen LogP contribution is -1.97. The third kappa shape index (κ3) is 2.87. The number of aromatic nitrogens is 3. The molecule has 0 bridgehead atoms. The molecule has 112 valence electrons. The van der Waals surface area contributed by atoms with Gasteiger partial charge in [0.25, 0.3) is 0 Å². The molecule has 0 aliphatic heterocycles. The molecule has 0 spiro atoms. The topological polar surface area (TPSA) is 30.7 Å². The van der Waals surface area contributed by atoms with Gasteiger partial charge in [0, 0.05) is 23.9 Å². The van der Waals surface area contributed by atoms with Crippen molar-refractivity contribution in [3.05, 3.63) is 65.7 Å². The van der Waals surface area contributed by atoms with E-state index in [4.69, 9.17) is 0 Å². The van der Waals surface area contributed by atoms with Gasteiger partial charge in [-0.15, -0.1) is 10.2 Å². The van der Waals surface area contributed by atoms with Crippen molar-refractivity contribution in [1.82, 2.24) is 14.8 Å². The molecule has 22 heavy (non-hydrogen) atoms. The summed E-state index contributed by atoms with van der Waals surface area (Å²) in [5.41, 5.74) is 0.998. The molecular weight excluding hydrogens is 304 g/mol. The Hall–Kier alpha value is -2.21. The van der Waals surface area contributed by atoms with Crippen LogP contribution in [0.5, 0.6) is 0 Å². The number of rotatable bonds is 4. The first kappa shape index (κ1) is 14.7. The van der Waals surface area contributed by atoms with Crippen LogP contribution >= 0.6 is 11.8 Å². The van der Waals surface area contributed by atoms with E-state index in [2.05, 4.69) is 10.2 Å². The number of thioether (sulfide) groups is 1. The van der Waals surface area contributed by atoms with Crippen LogP contribution in [-0.2, 0) is 12.8 Å². The zero-order valence-electron chi connectivity index (χ0n) is 11.8. The first-order valence-electron chi connectivity index (χ1n) is 6.67. The van der Waals surface area contributed by atoms with E-state index in [9.17, 15) is 8.78 Å². The Bertz CT molecular complexity index is 767. The first-order valence-corrected chi connectivity index (χ1v) is 7.66. The molecule has 3 aromatic rings. The van der Waals surface area contributed by atoms with Crippen molar-refractivity contribution < 1.29 is 8.78 Å². The van der Waals surface area contributed by atoms with Crippen LogP contribution in [0.1, 0.15) is 5.56 Å². The maximum absolute atomic E-state index is 13.6. The lowest BCUT2D eigenvalue weighted by molar-refractivity contribution is 0.566. The molecular formula is C16H13F2N3S. The van der Waals surface area contributed by atoms with Gasteiger partial charge in [-0.1, -0.05) is 48.2 Å². The average Bonchev–Trinajstić information content (AvgIpc) is 2.89. The van der Waals surface area contributed by atoms with Gasteiger partial charge in [-0.05, 0) is 12.1 Å². The molecule has 0 aliphatic rings. The molecule has 3 nitrogen and oxygen atoms in total. The summed E-state index contributed by atoms with van der Waals surface area (Å²) in [6.45, 7) is 0. The van der Waals surface area contributed by atoms with Gasteiger partial charge in [0.15, 0.2) is 11.0 Å². The minimum absolute atomic E-state index is 0.0526. The van der Waals surface area contributed by atoms with Crippen molar-refractivity contribution in [1.29, 1.82) is 0 Å². The van der Waals surface area contributed by atoms with Gasteiger partial charge < -0.3 is 4.57 Å². The zero-order valence-corrected chi connectivity index (χ0v) is 12.6. The van der Waals surface area contributed by atoms with Crippen LogP contribution in [0.25, 0.3) is 11.4 Å². The summed E-state index contributed by atoms with van der Waals surface area (Å²) in [5, 5.41) is 8.86. The fraction of sp³-hybridized carbons (Fsp3) is 0.125. The van der Waals surface area contributed by atoms with Crippen LogP contribution in [0, 0.1) is 11.6 Å². The Balaban J connectivity index is 1.81. The monoisotopic (exact) mass is 317 g/mol. The first-order chi connectivity index (χ1) is 10.7. The third-order valence-electron chi connectivity index (χ3n) is 3.27. The summed E-state index contributed by atoms with van der Waals surface area (Å²) in [6, 6.07) is 13.5. The number of nitrogens with zero attached hydrogens (tertiary/aromatic N) is 3. The molecule has 0 N–H and O–H groups in total. The highest BCUT2D eigenvalue weighted by molar-refractivity contribution is 7.98. The van der Waals surface area contributed by atoms with Gasteiger partial charge in [-0.2, -0.15) is 0 Å². The molecule has 0 radical (unpaired) electrons. The lowest BCUT2D eigenvalue weighted by atomic mass is 10.2. The fourth-order valence-electron chi connectivity index (χ4n) is 2.09. The molecule has 0 saturated carbocycles. The number of benzene rings is 2. The van der Waals surface area contributed by atoms with E-state index in [0.717, 1.165) is 11.4 Å². The second kappa shape index (κ2) is 6.27. The summed E-state index contributed by atoms with van der Waals surface area (Å²) < 4.78 is 29.1. The largest absolute Gasteiger partial charge is 0.305 e. The number of halogens is 2. The molecule has 2 aromatic carbocycles. The maximum Gasteiger partial charge on any atom is 0.191 e. The minimum Gasteiger partial charge on any atom is -0.305 e. The average molecular weight is 317 g/mol. The van der Waals surface area contributed by atoms with E-state index >= 15 is 0 Å². The summed E-state index contributed by atoms with van der Waals surface area (Å²) in [7, 11) is 1.84. The Labute approximate surface area is 131 Å². The van der Waals surface area contributed by atoms with Crippen molar-refractivity contribution in [2.75, 3.05) is 0 Å². The summed E-state index contributed by atoms with van der Waals surface area (Å²) in [6.07, 6.45) is 0. The molecule has 1 heterocycles. The van der Waals surface area contributed by atoms with Gasteiger partial charge >= 0.3 is 0 Å². The molecule has 6 heteroatoms. The van der Waals surface area contributed by atoms with Crippen LogP contribution in [0.3, 0.4) is 0 Å². The number of hydrogen-bond acceptors (Lipinski definition) is 3. The molecule has 3 rings (SSSR count). The van der Waals surface area contributed by atoms with Crippen LogP contribution in [0.2, 0.25) is 0 Å². The maximum atomic E-state index is 13.6. The highest BCUT2D eigenvalue weighted by atomic mass is 32.2. The van der Waals surface area contributed by atoms with E-state index in [1.807, 2.05) is 41.9 Å². The number of hydrogen-bond donors (Lipinski definition) is 0.